The van der Waals surface area contributed by atoms with Gasteiger partial charge in [-0.15, -0.1) is 0 Å². The molecule has 0 aliphatic carbocycles. The fourth-order valence-electron chi connectivity index (χ4n) is 2.16. The average molecular weight is 251 g/mol. The average Bonchev–Trinajstić information content (AvgIpc) is 2.81. The minimum atomic E-state index is -0.422. The maximum absolute atomic E-state index is 13.4. The van der Waals surface area contributed by atoms with E-state index in [2.05, 4.69) is 5.32 Å². The van der Waals surface area contributed by atoms with E-state index in [1.807, 2.05) is 6.92 Å². The Bertz CT molecular complexity index is 436. The van der Waals surface area contributed by atoms with Gasteiger partial charge in [-0.2, -0.15) is 0 Å². The molecular formula is C13H18FN3O. The number of nitrogens with zero attached hydrogens (tertiary/aromatic N) is 1. The lowest BCUT2D eigenvalue weighted by molar-refractivity contribution is 0.220. The van der Waals surface area contributed by atoms with E-state index < -0.39 is 5.82 Å². The standard InChI is InChI=1S/C13H18FN3O/c1-9(15)10-6-7-17(8-10)13(18)16-12-5-3-2-4-11(12)14/h2-5,9-10H,6-8,15H2,1H3,(H,16,18). The lowest BCUT2D eigenvalue weighted by atomic mass is 10.0. The van der Waals surface area contributed by atoms with E-state index in [1.165, 1.54) is 6.07 Å². The third-order valence-corrected chi connectivity index (χ3v) is 3.37. The first-order valence-electron chi connectivity index (χ1n) is 6.14. The van der Waals surface area contributed by atoms with Crippen molar-refractivity contribution in [2.24, 2.45) is 11.7 Å². The Morgan fingerprint density at radius 2 is 2.28 bits per heavy atom. The number of nitrogens with one attached hydrogen (secondary N) is 1. The molecule has 1 fully saturated rings. The Kier molecular flexibility index (Phi) is 3.81. The topological polar surface area (TPSA) is 58.4 Å². The van der Waals surface area contributed by atoms with Crippen LogP contribution in [0.15, 0.2) is 24.3 Å². The van der Waals surface area contributed by atoms with E-state index in [0.717, 1.165) is 6.42 Å². The van der Waals surface area contributed by atoms with Crippen molar-refractivity contribution in [2.75, 3.05) is 18.4 Å². The van der Waals surface area contributed by atoms with Gasteiger partial charge in [-0.05, 0) is 31.4 Å². The molecular weight excluding hydrogens is 233 g/mol. The van der Waals surface area contributed by atoms with Crippen molar-refractivity contribution in [3.05, 3.63) is 30.1 Å². The zero-order valence-corrected chi connectivity index (χ0v) is 10.4. The predicted octanol–water partition coefficient (Wildman–Crippen LogP) is 2.03. The van der Waals surface area contributed by atoms with Crippen LogP contribution in [0.5, 0.6) is 0 Å². The molecule has 1 aromatic rings. The number of para-hydroxylation sites is 1. The maximum Gasteiger partial charge on any atom is 0.321 e. The van der Waals surface area contributed by atoms with E-state index in [-0.39, 0.29) is 17.8 Å². The highest BCUT2D eigenvalue weighted by Gasteiger charge is 2.28. The third kappa shape index (κ3) is 2.79. The monoisotopic (exact) mass is 251 g/mol. The lowest BCUT2D eigenvalue weighted by Crippen LogP contribution is -2.35. The third-order valence-electron chi connectivity index (χ3n) is 3.37. The van der Waals surface area contributed by atoms with E-state index >= 15 is 0 Å². The summed E-state index contributed by atoms with van der Waals surface area (Å²) in [5, 5.41) is 2.58. The first-order chi connectivity index (χ1) is 8.58. The molecule has 2 atom stereocenters. The predicted molar refractivity (Wildman–Crippen MR) is 68.7 cm³/mol. The van der Waals surface area contributed by atoms with Gasteiger partial charge in [0, 0.05) is 19.1 Å². The Hall–Kier alpha value is -1.62. The quantitative estimate of drug-likeness (QED) is 0.845. The highest BCUT2D eigenvalue weighted by molar-refractivity contribution is 5.89. The molecule has 5 heteroatoms. The van der Waals surface area contributed by atoms with Crippen molar-refractivity contribution in [1.82, 2.24) is 4.90 Å². The molecule has 2 unspecified atom stereocenters. The Morgan fingerprint density at radius 3 is 2.89 bits per heavy atom. The number of rotatable bonds is 2. The molecule has 4 nitrogen and oxygen atoms in total. The normalized spacial score (nSPS) is 20.8. The van der Waals surface area contributed by atoms with Crippen molar-refractivity contribution in [3.63, 3.8) is 0 Å². The summed E-state index contributed by atoms with van der Waals surface area (Å²) in [5.74, 6) is -0.0924. The number of benzene rings is 1. The molecule has 18 heavy (non-hydrogen) atoms. The molecule has 1 aromatic carbocycles. The molecule has 1 heterocycles. The van der Waals surface area contributed by atoms with Crippen LogP contribution in [0.25, 0.3) is 0 Å². The van der Waals surface area contributed by atoms with E-state index in [0.29, 0.717) is 19.0 Å². The van der Waals surface area contributed by atoms with Gasteiger partial charge in [-0.1, -0.05) is 12.1 Å². The number of likely N-dealkylation sites (tertiary alicyclic amines) is 1. The minimum Gasteiger partial charge on any atom is -0.328 e. The van der Waals surface area contributed by atoms with E-state index in [9.17, 15) is 9.18 Å². The molecule has 1 aliphatic rings. The van der Waals surface area contributed by atoms with E-state index in [4.69, 9.17) is 5.73 Å². The Labute approximate surface area is 106 Å². The SMILES string of the molecule is CC(N)C1CCN(C(=O)Nc2ccccc2F)C1. The zero-order valence-electron chi connectivity index (χ0n) is 10.4. The first-order valence-corrected chi connectivity index (χ1v) is 6.14. The van der Waals surface area contributed by atoms with Crippen molar-refractivity contribution >= 4 is 11.7 Å². The van der Waals surface area contributed by atoms with Crippen LogP contribution in [0.2, 0.25) is 0 Å². The summed E-state index contributed by atoms with van der Waals surface area (Å²) in [4.78, 5) is 13.6. The number of nitrogens with two attached hydrogens (primary N) is 1. The number of urea groups is 1. The number of hydrogen-bond acceptors (Lipinski definition) is 2. The summed E-state index contributed by atoms with van der Waals surface area (Å²) in [6.07, 6.45) is 0.905. The molecule has 1 aliphatic heterocycles. The lowest BCUT2D eigenvalue weighted by Gasteiger charge is -2.18. The van der Waals surface area contributed by atoms with Crippen LogP contribution in [0.1, 0.15) is 13.3 Å². The van der Waals surface area contributed by atoms with Crippen LogP contribution in [0.3, 0.4) is 0 Å². The first kappa shape index (κ1) is 12.8. The summed E-state index contributed by atoms with van der Waals surface area (Å²) in [7, 11) is 0. The molecule has 0 saturated carbocycles. The zero-order chi connectivity index (χ0) is 13.1. The fraction of sp³-hybridized carbons (Fsp3) is 0.462. The molecule has 0 spiro atoms. The summed E-state index contributed by atoms with van der Waals surface area (Å²) in [6.45, 7) is 3.26. The molecule has 2 rings (SSSR count). The number of amides is 2. The van der Waals surface area contributed by atoms with Gasteiger partial charge >= 0.3 is 6.03 Å². The molecule has 0 radical (unpaired) electrons. The summed E-state index contributed by atoms with van der Waals surface area (Å²) < 4.78 is 13.4. The highest BCUT2D eigenvalue weighted by Crippen LogP contribution is 2.20. The van der Waals surface area contributed by atoms with Crippen LogP contribution in [-0.4, -0.2) is 30.1 Å². The number of carbonyl (C=O) groups excluding carboxylic acids is 1. The Balaban J connectivity index is 1.96. The second-order valence-corrected chi connectivity index (χ2v) is 4.76. The van der Waals surface area contributed by atoms with Crippen LogP contribution < -0.4 is 11.1 Å². The number of anilines is 1. The van der Waals surface area contributed by atoms with E-state index in [1.54, 1.807) is 23.1 Å². The second kappa shape index (κ2) is 5.35. The largest absolute Gasteiger partial charge is 0.328 e. The van der Waals surface area contributed by atoms with Gasteiger partial charge in [0.1, 0.15) is 5.82 Å². The summed E-state index contributed by atoms with van der Waals surface area (Å²) in [6, 6.07) is 5.97. The van der Waals surface area contributed by atoms with Crippen molar-refractivity contribution < 1.29 is 9.18 Å². The van der Waals surface area contributed by atoms with Crippen molar-refractivity contribution in [3.8, 4) is 0 Å². The van der Waals surface area contributed by atoms with Crippen LogP contribution in [0.4, 0.5) is 14.9 Å². The molecule has 1 saturated heterocycles. The number of carbonyl (C=O) groups is 1. The van der Waals surface area contributed by atoms with Gasteiger partial charge in [0.25, 0.3) is 0 Å². The molecule has 2 amide bonds. The molecule has 0 bridgehead atoms. The second-order valence-electron chi connectivity index (χ2n) is 4.76. The van der Waals surface area contributed by atoms with Gasteiger partial charge in [0.05, 0.1) is 5.69 Å². The number of hydrogen-bond donors (Lipinski definition) is 2. The van der Waals surface area contributed by atoms with Gasteiger partial charge < -0.3 is 16.0 Å². The molecule has 3 N–H and O–H groups in total. The summed E-state index contributed by atoms with van der Waals surface area (Å²) in [5.41, 5.74) is 6.03. The number of halogens is 1. The van der Waals surface area contributed by atoms with Crippen LogP contribution in [0, 0.1) is 11.7 Å². The Morgan fingerprint density at radius 1 is 1.56 bits per heavy atom. The van der Waals surface area contributed by atoms with Gasteiger partial charge in [0.15, 0.2) is 0 Å². The minimum absolute atomic E-state index is 0.0799. The fourth-order valence-corrected chi connectivity index (χ4v) is 2.16. The maximum atomic E-state index is 13.4. The van der Waals surface area contributed by atoms with Gasteiger partial charge in [-0.3, -0.25) is 0 Å². The van der Waals surface area contributed by atoms with Gasteiger partial charge in [0.2, 0.25) is 0 Å². The highest BCUT2D eigenvalue weighted by atomic mass is 19.1. The van der Waals surface area contributed by atoms with Gasteiger partial charge in [-0.25, -0.2) is 9.18 Å². The molecule has 98 valence electrons. The van der Waals surface area contributed by atoms with Crippen molar-refractivity contribution in [1.29, 1.82) is 0 Å². The molecule has 0 aromatic heterocycles. The van der Waals surface area contributed by atoms with Crippen LogP contribution >= 0.6 is 0 Å². The smallest absolute Gasteiger partial charge is 0.321 e. The van der Waals surface area contributed by atoms with Crippen molar-refractivity contribution in [2.45, 2.75) is 19.4 Å². The summed E-state index contributed by atoms with van der Waals surface area (Å²) >= 11 is 0. The van der Waals surface area contributed by atoms with Crippen LogP contribution in [-0.2, 0) is 0 Å².